The highest BCUT2D eigenvalue weighted by Crippen LogP contribution is 2.47. The summed E-state index contributed by atoms with van der Waals surface area (Å²) in [6.45, 7) is 13.3. The molecule has 0 bridgehead atoms. The van der Waals surface area contributed by atoms with Gasteiger partial charge in [-0.3, -0.25) is 0 Å². The van der Waals surface area contributed by atoms with Gasteiger partial charge in [-0.25, -0.2) is 0 Å². The molecule has 0 radical (unpaired) electrons. The maximum Gasteiger partial charge on any atom is 0.0488 e. The van der Waals surface area contributed by atoms with Crippen LogP contribution in [0.25, 0.3) is 0 Å². The standard InChI is InChI=1S/C17H33ClO/c1-14(2)12-19-11-10-17(13-18)8-6-15(7-9-17)16(3,4)5/h14-15H,6-13H2,1-5H3. The average molecular weight is 289 g/mol. The Morgan fingerprint density at radius 2 is 1.79 bits per heavy atom. The zero-order valence-electron chi connectivity index (χ0n) is 13.6. The third-order valence-corrected chi connectivity index (χ3v) is 5.35. The van der Waals surface area contributed by atoms with Crippen LogP contribution in [0.2, 0.25) is 0 Å². The lowest BCUT2D eigenvalue weighted by Crippen LogP contribution is -2.34. The van der Waals surface area contributed by atoms with E-state index in [1.807, 2.05) is 0 Å². The van der Waals surface area contributed by atoms with Crippen LogP contribution in [-0.2, 0) is 4.74 Å². The molecule has 0 saturated heterocycles. The predicted molar refractivity (Wildman–Crippen MR) is 84.8 cm³/mol. The first-order valence-electron chi connectivity index (χ1n) is 7.93. The first kappa shape index (κ1) is 17.3. The lowest BCUT2D eigenvalue weighted by Gasteiger charge is -2.43. The largest absolute Gasteiger partial charge is 0.381 e. The number of ether oxygens (including phenoxy) is 1. The molecule has 0 aromatic carbocycles. The molecular weight excluding hydrogens is 256 g/mol. The van der Waals surface area contributed by atoms with E-state index >= 15 is 0 Å². The molecule has 1 nitrogen and oxygen atoms in total. The summed E-state index contributed by atoms with van der Waals surface area (Å²) in [6, 6.07) is 0. The van der Waals surface area contributed by atoms with Crippen molar-refractivity contribution in [3.63, 3.8) is 0 Å². The van der Waals surface area contributed by atoms with E-state index in [1.165, 1.54) is 25.7 Å². The minimum absolute atomic E-state index is 0.348. The van der Waals surface area contributed by atoms with Gasteiger partial charge in [0, 0.05) is 19.1 Å². The first-order valence-corrected chi connectivity index (χ1v) is 8.46. The Hall–Kier alpha value is 0.250. The van der Waals surface area contributed by atoms with Crippen LogP contribution >= 0.6 is 11.6 Å². The molecule has 0 aliphatic heterocycles. The van der Waals surface area contributed by atoms with Crippen molar-refractivity contribution in [2.24, 2.45) is 22.7 Å². The molecule has 1 fully saturated rings. The van der Waals surface area contributed by atoms with Gasteiger partial charge in [0.2, 0.25) is 0 Å². The number of hydrogen-bond acceptors (Lipinski definition) is 1. The summed E-state index contributed by atoms with van der Waals surface area (Å²) in [5.74, 6) is 2.29. The first-order chi connectivity index (χ1) is 8.79. The topological polar surface area (TPSA) is 9.23 Å². The van der Waals surface area contributed by atoms with Crippen LogP contribution < -0.4 is 0 Å². The SMILES string of the molecule is CC(C)COCCC1(CCl)CCC(C(C)(C)C)CC1. The van der Waals surface area contributed by atoms with Crippen molar-refractivity contribution >= 4 is 11.6 Å². The summed E-state index contributed by atoms with van der Waals surface area (Å²) >= 11 is 6.29. The van der Waals surface area contributed by atoms with Crippen LogP contribution in [0.15, 0.2) is 0 Å². The van der Waals surface area contributed by atoms with Crippen LogP contribution in [0, 0.1) is 22.7 Å². The molecule has 0 spiro atoms. The van der Waals surface area contributed by atoms with Gasteiger partial charge in [-0.1, -0.05) is 34.6 Å². The van der Waals surface area contributed by atoms with E-state index in [1.54, 1.807) is 0 Å². The fourth-order valence-corrected chi connectivity index (χ4v) is 3.56. The van der Waals surface area contributed by atoms with Crippen molar-refractivity contribution < 1.29 is 4.74 Å². The van der Waals surface area contributed by atoms with Crippen molar-refractivity contribution in [2.45, 2.75) is 66.7 Å². The highest BCUT2D eigenvalue weighted by atomic mass is 35.5. The molecule has 19 heavy (non-hydrogen) atoms. The fraction of sp³-hybridized carbons (Fsp3) is 1.00. The van der Waals surface area contributed by atoms with Crippen molar-refractivity contribution in [1.82, 2.24) is 0 Å². The lowest BCUT2D eigenvalue weighted by molar-refractivity contribution is 0.0466. The van der Waals surface area contributed by atoms with E-state index in [0.29, 0.717) is 16.7 Å². The second-order valence-electron chi connectivity index (χ2n) is 7.99. The zero-order chi connectivity index (χ0) is 14.5. The summed E-state index contributed by atoms with van der Waals surface area (Å²) in [5, 5.41) is 0. The smallest absolute Gasteiger partial charge is 0.0488 e. The molecule has 0 aromatic heterocycles. The van der Waals surface area contributed by atoms with Crippen LogP contribution in [-0.4, -0.2) is 19.1 Å². The molecule has 1 aliphatic rings. The van der Waals surface area contributed by atoms with E-state index in [-0.39, 0.29) is 0 Å². The third kappa shape index (κ3) is 5.63. The molecule has 0 N–H and O–H groups in total. The normalized spacial score (nSPS) is 28.9. The van der Waals surface area contributed by atoms with Gasteiger partial charge in [0.1, 0.15) is 0 Å². The highest BCUT2D eigenvalue weighted by Gasteiger charge is 2.37. The van der Waals surface area contributed by atoms with Crippen LogP contribution in [0.3, 0.4) is 0 Å². The molecule has 2 heteroatoms. The zero-order valence-corrected chi connectivity index (χ0v) is 14.4. The van der Waals surface area contributed by atoms with Crippen LogP contribution in [0.1, 0.15) is 66.7 Å². The van der Waals surface area contributed by atoms with E-state index in [2.05, 4.69) is 34.6 Å². The maximum atomic E-state index is 6.29. The van der Waals surface area contributed by atoms with Gasteiger partial charge in [0.05, 0.1) is 0 Å². The molecule has 1 rings (SSSR count). The number of hydrogen-bond donors (Lipinski definition) is 0. The Morgan fingerprint density at radius 1 is 1.21 bits per heavy atom. The van der Waals surface area contributed by atoms with Gasteiger partial charge < -0.3 is 4.74 Å². The van der Waals surface area contributed by atoms with Gasteiger partial charge >= 0.3 is 0 Å². The number of halogens is 1. The highest BCUT2D eigenvalue weighted by molar-refractivity contribution is 6.18. The molecule has 0 unspecified atom stereocenters. The average Bonchev–Trinajstić information content (AvgIpc) is 2.34. The molecule has 0 atom stereocenters. The molecule has 114 valence electrons. The van der Waals surface area contributed by atoms with E-state index in [4.69, 9.17) is 16.3 Å². The molecule has 1 saturated carbocycles. The van der Waals surface area contributed by atoms with Gasteiger partial charge in [-0.15, -0.1) is 11.6 Å². The number of rotatable bonds is 6. The Morgan fingerprint density at radius 3 is 2.21 bits per heavy atom. The van der Waals surface area contributed by atoms with Crippen molar-refractivity contribution in [3.8, 4) is 0 Å². The van der Waals surface area contributed by atoms with E-state index < -0.39 is 0 Å². The fourth-order valence-electron chi connectivity index (χ4n) is 3.15. The van der Waals surface area contributed by atoms with Gasteiger partial charge in [-0.05, 0) is 54.8 Å². The van der Waals surface area contributed by atoms with Crippen LogP contribution in [0.4, 0.5) is 0 Å². The molecule has 0 heterocycles. The van der Waals surface area contributed by atoms with Crippen molar-refractivity contribution in [3.05, 3.63) is 0 Å². The lowest BCUT2D eigenvalue weighted by atomic mass is 9.64. The molecular formula is C17H33ClO. The Kier molecular flexibility index (Phi) is 6.66. The summed E-state index contributed by atoms with van der Waals surface area (Å²) < 4.78 is 5.76. The van der Waals surface area contributed by atoms with E-state index in [0.717, 1.165) is 31.4 Å². The monoisotopic (exact) mass is 288 g/mol. The Labute approximate surface area is 125 Å². The predicted octanol–water partition coefficient (Wildman–Crippen LogP) is 5.51. The third-order valence-electron chi connectivity index (χ3n) is 4.78. The summed E-state index contributed by atoms with van der Waals surface area (Å²) in [4.78, 5) is 0. The van der Waals surface area contributed by atoms with Crippen molar-refractivity contribution in [1.29, 1.82) is 0 Å². The van der Waals surface area contributed by atoms with Gasteiger partial charge in [-0.2, -0.15) is 0 Å². The minimum Gasteiger partial charge on any atom is -0.381 e. The van der Waals surface area contributed by atoms with Gasteiger partial charge in [0.25, 0.3) is 0 Å². The van der Waals surface area contributed by atoms with Gasteiger partial charge in [0.15, 0.2) is 0 Å². The Bertz CT molecular complexity index is 246. The second kappa shape index (κ2) is 7.31. The summed E-state index contributed by atoms with van der Waals surface area (Å²) in [5.41, 5.74) is 0.799. The number of alkyl halides is 1. The van der Waals surface area contributed by atoms with E-state index in [9.17, 15) is 0 Å². The van der Waals surface area contributed by atoms with Crippen LogP contribution in [0.5, 0.6) is 0 Å². The molecule has 0 amide bonds. The summed E-state index contributed by atoms with van der Waals surface area (Å²) in [6.07, 6.45) is 6.37. The molecule has 0 aromatic rings. The Balaban J connectivity index is 2.38. The minimum atomic E-state index is 0.348. The summed E-state index contributed by atoms with van der Waals surface area (Å²) in [7, 11) is 0. The second-order valence-corrected chi connectivity index (χ2v) is 8.26. The maximum absolute atomic E-state index is 6.29. The quantitative estimate of drug-likeness (QED) is 0.462. The van der Waals surface area contributed by atoms with Crippen molar-refractivity contribution in [2.75, 3.05) is 19.1 Å². The molecule has 1 aliphatic carbocycles.